The number of methoxy groups -OCH3 is 1. The molecule has 0 heterocycles. The molecule has 0 aromatic heterocycles. The smallest absolute Gasteiger partial charge is 0.252 e. The van der Waals surface area contributed by atoms with Gasteiger partial charge >= 0.3 is 0 Å². The molecule has 0 aliphatic carbocycles. The summed E-state index contributed by atoms with van der Waals surface area (Å²) in [5.41, 5.74) is 1.80. The zero-order valence-electron chi connectivity index (χ0n) is 12.6. The summed E-state index contributed by atoms with van der Waals surface area (Å²) in [6, 6.07) is 15.2. The minimum Gasteiger partial charge on any atom is -0.497 e. The van der Waals surface area contributed by atoms with E-state index in [-0.39, 0.29) is 5.91 Å². The molecule has 0 unspecified atom stereocenters. The Bertz CT molecular complexity index is 611. The molecule has 0 bridgehead atoms. The number of hydrogen-bond acceptors (Lipinski definition) is 2. The largest absolute Gasteiger partial charge is 0.497 e. The van der Waals surface area contributed by atoms with Crippen LogP contribution >= 0.6 is 11.6 Å². The van der Waals surface area contributed by atoms with Gasteiger partial charge < -0.3 is 10.1 Å². The summed E-state index contributed by atoms with van der Waals surface area (Å²) in [5, 5.41) is 3.39. The highest BCUT2D eigenvalue weighted by Gasteiger charge is 2.08. The highest BCUT2D eigenvalue weighted by Crippen LogP contribution is 2.15. The van der Waals surface area contributed by atoms with Gasteiger partial charge in [0.2, 0.25) is 0 Å². The number of ether oxygens (including phenoxy) is 1. The van der Waals surface area contributed by atoms with Crippen LogP contribution in [-0.4, -0.2) is 19.6 Å². The fourth-order valence-electron chi connectivity index (χ4n) is 2.19. The molecule has 2 aromatic carbocycles. The number of carbonyl (C=O) groups is 1. The number of halogens is 1. The first-order valence-electron chi connectivity index (χ1n) is 7.36. The van der Waals surface area contributed by atoms with Crippen molar-refractivity contribution < 1.29 is 9.53 Å². The fraction of sp³-hybridized carbons (Fsp3) is 0.278. The maximum Gasteiger partial charge on any atom is 0.252 e. The topological polar surface area (TPSA) is 38.3 Å². The number of unbranched alkanes of at least 4 members (excludes halogenated alkanes) is 1. The number of rotatable bonds is 7. The van der Waals surface area contributed by atoms with Crippen LogP contribution in [0.3, 0.4) is 0 Å². The fourth-order valence-corrected chi connectivity index (χ4v) is 2.41. The first kappa shape index (κ1) is 16.4. The van der Waals surface area contributed by atoms with Crippen molar-refractivity contribution >= 4 is 17.5 Å². The maximum atomic E-state index is 12.0. The van der Waals surface area contributed by atoms with Gasteiger partial charge in [0, 0.05) is 6.54 Å². The first-order valence-corrected chi connectivity index (χ1v) is 7.74. The highest BCUT2D eigenvalue weighted by atomic mass is 35.5. The Kier molecular flexibility index (Phi) is 6.28. The van der Waals surface area contributed by atoms with Gasteiger partial charge in [-0.1, -0.05) is 35.9 Å². The number of nitrogens with one attached hydrogen (secondary N) is 1. The maximum absolute atomic E-state index is 12.0. The van der Waals surface area contributed by atoms with E-state index in [4.69, 9.17) is 16.3 Å². The van der Waals surface area contributed by atoms with Gasteiger partial charge in [0.15, 0.2) is 0 Å². The molecule has 2 rings (SSSR count). The molecule has 116 valence electrons. The van der Waals surface area contributed by atoms with Crippen molar-refractivity contribution in [1.29, 1.82) is 0 Å². The van der Waals surface area contributed by atoms with E-state index in [0.29, 0.717) is 17.1 Å². The van der Waals surface area contributed by atoms with Crippen molar-refractivity contribution in [2.75, 3.05) is 13.7 Å². The lowest BCUT2D eigenvalue weighted by Gasteiger charge is -2.07. The Hall–Kier alpha value is -2.00. The molecule has 0 aliphatic rings. The molecule has 0 fully saturated rings. The third-order valence-electron chi connectivity index (χ3n) is 3.46. The van der Waals surface area contributed by atoms with Gasteiger partial charge in [-0.3, -0.25) is 4.79 Å². The van der Waals surface area contributed by atoms with Crippen LogP contribution in [0, 0.1) is 0 Å². The molecule has 0 radical (unpaired) electrons. The summed E-state index contributed by atoms with van der Waals surface area (Å²) < 4.78 is 5.13. The van der Waals surface area contributed by atoms with Gasteiger partial charge in [-0.05, 0) is 49.1 Å². The zero-order chi connectivity index (χ0) is 15.8. The number of benzene rings is 2. The molecule has 0 aliphatic heterocycles. The Morgan fingerprint density at radius 2 is 1.82 bits per heavy atom. The molecule has 2 aromatic rings. The van der Waals surface area contributed by atoms with Crippen molar-refractivity contribution in [1.82, 2.24) is 5.32 Å². The van der Waals surface area contributed by atoms with Crippen LogP contribution < -0.4 is 10.1 Å². The van der Waals surface area contributed by atoms with Gasteiger partial charge in [-0.2, -0.15) is 0 Å². The van der Waals surface area contributed by atoms with Crippen LogP contribution in [-0.2, 0) is 6.42 Å². The van der Waals surface area contributed by atoms with Crippen LogP contribution in [0.25, 0.3) is 0 Å². The molecular weight excluding hydrogens is 298 g/mol. The average molecular weight is 318 g/mol. The first-order chi connectivity index (χ1) is 10.7. The van der Waals surface area contributed by atoms with Gasteiger partial charge in [0.05, 0.1) is 17.7 Å². The van der Waals surface area contributed by atoms with Crippen LogP contribution in [0.5, 0.6) is 5.75 Å². The summed E-state index contributed by atoms with van der Waals surface area (Å²) in [7, 11) is 1.66. The Labute approximate surface area is 136 Å². The quantitative estimate of drug-likeness (QED) is 0.781. The number of carbonyl (C=O) groups excluding carboxylic acids is 1. The molecule has 3 nitrogen and oxygen atoms in total. The second-order valence-corrected chi connectivity index (χ2v) is 5.45. The van der Waals surface area contributed by atoms with Crippen molar-refractivity contribution in [3.63, 3.8) is 0 Å². The zero-order valence-corrected chi connectivity index (χ0v) is 13.4. The van der Waals surface area contributed by atoms with E-state index >= 15 is 0 Å². The Balaban J connectivity index is 1.68. The monoisotopic (exact) mass is 317 g/mol. The minimum atomic E-state index is -0.116. The third kappa shape index (κ3) is 4.78. The predicted octanol–water partition coefficient (Wildman–Crippen LogP) is 4.10. The van der Waals surface area contributed by atoms with E-state index in [9.17, 15) is 4.79 Å². The number of hydrogen-bond donors (Lipinski definition) is 1. The van der Waals surface area contributed by atoms with E-state index in [2.05, 4.69) is 17.4 Å². The lowest BCUT2D eigenvalue weighted by atomic mass is 10.1. The molecule has 0 saturated heterocycles. The predicted molar refractivity (Wildman–Crippen MR) is 89.7 cm³/mol. The van der Waals surface area contributed by atoms with Gasteiger partial charge in [0.25, 0.3) is 5.91 Å². The second kappa shape index (κ2) is 8.44. The standard InChI is InChI=1S/C18H20ClNO2/c1-22-15-11-9-14(10-12-15)6-4-5-13-20-18(21)16-7-2-3-8-17(16)19/h2-3,7-12H,4-6,13H2,1H3,(H,20,21). The Morgan fingerprint density at radius 1 is 1.09 bits per heavy atom. The molecule has 0 spiro atoms. The highest BCUT2D eigenvalue weighted by molar-refractivity contribution is 6.33. The lowest BCUT2D eigenvalue weighted by Crippen LogP contribution is -2.24. The lowest BCUT2D eigenvalue weighted by molar-refractivity contribution is 0.0953. The van der Waals surface area contributed by atoms with E-state index in [1.807, 2.05) is 24.3 Å². The Morgan fingerprint density at radius 3 is 2.50 bits per heavy atom. The van der Waals surface area contributed by atoms with Crippen molar-refractivity contribution in [2.45, 2.75) is 19.3 Å². The van der Waals surface area contributed by atoms with E-state index < -0.39 is 0 Å². The van der Waals surface area contributed by atoms with Crippen LogP contribution in [0.1, 0.15) is 28.8 Å². The molecule has 0 saturated carbocycles. The van der Waals surface area contributed by atoms with Gasteiger partial charge in [-0.15, -0.1) is 0 Å². The van der Waals surface area contributed by atoms with E-state index in [1.165, 1.54) is 5.56 Å². The van der Waals surface area contributed by atoms with Crippen LogP contribution in [0.2, 0.25) is 5.02 Å². The van der Waals surface area contributed by atoms with E-state index in [1.54, 1.807) is 19.2 Å². The van der Waals surface area contributed by atoms with Crippen molar-refractivity contribution in [3.8, 4) is 5.75 Å². The second-order valence-electron chi connectivity index (χ2n) is 5.04. The average Bonchev–Trinajstić information content (AvgIpc) is 2.55. The van der Waals surface area contributed by atoms with Crippen molar-refractivity contribution in [3.05, 3.63) is 64.7 Å². The number of aryl methyl sites for hydroxylation is 1. The summed E-state index contributed by atoms with van der Waals surface area (Å²) in [4.78, 5) is 12.0. The summed E-state index contributed by atoms with van der Waals surface area (Å²) in [6.07, 6.45) is 2.95. The van der Waals surface area contributed by atoms with Crippen LogP contribution in [0.4, 0.5) is 0 Å². The molecule has 1 amide bonds. The molecule has 22 heavy (non-hydrogen) atoms. The molecule has 1 N–H and O–H groups in total. The van der Waals surface area contributed by atoms with E-state index in [0.717, 1.165) is 25.0 Å². The SMILES string of the molecule is COc1ccc(CCCCNC(=O)c2ccccc2Cl)cc1. The summed E-state index contributed by atoms with van der Waals surface area (Å²) in [6.45, 7) is 0.653. The van der Waals surface area contributed by atoms with Gasteiger partial charge in [0.1, 0.15) is 5.75 Å². The van der Waals surface area contributed by atoms with Crippen LogP contribution in [0.15, 0.2) is 48.5 Å². The number of amides is 1. The summed E-state index contributed by atoms with van der Waals surface area (Å²) in [5.74, 6) is 0.755. The minimum absolute atomic E-state index is 0.116. The molecular formula is C18H20ClNO2. The third-order valence-corrected chi connectivity index (χ3v) is 3.78. The van der Waals surface area contributed by atoms with Crippen molar-refractivity contribution in [2.24, 2.45) is 0 Å². The summed E-state index contributed by atoms with van der Waals surface area (Å²) >= 11 is 5.99. The molecule has 4 heteroatoms. The molecule has 0 atom stereocenters. The van der Waals surface area contributed by atoms with Gasteiger partial charge in [-0.25, -0.2) is 0 Å². The normalized spacial score (nSPS) is 10.3.